The molecule has 2 aliphatic rings. The largest absolute Gasteiger partial charge is 0.480 e. The molecule has 0 saturated heterocycles. The Morgan fingerprint density at radius 3 is 2.78 bits per heavy atom. The Morgan fingerprint density at radius 1 is 1.31 bits per heavy atom. The summed E-state index contributed by atoms with van der Waals surface area (Å²) in [4.78, 5) is 28.6. The average molecular weight is 442 g/mol. The summed E-state index contributed by atoms with van der Waals surface area (Å²) < 4.78 is 5.85. The van der Waals surface area contributed by atoms with Crippen LogP contribution in [0.3, 0.4) is 0 Å². The third-order valence-corrected chi connectivity index (χ3v) is 6.74. The van der Waals surface area contributed by atoms with Crippen LogP contribution in [0, 0.1) is 22.7 Å². The first-order chi connectivity index (χ1) is 15.3. The van der Waals surface area contributed by atoms with E-state index in [4.69, 9.17) is 15.0 Å². The van der Waals surface area contributed by atoms with Crippen LogP contribution in [0.15, 0.2) is 12.1 Å². The van der Waals surface area contributed by atoms with Crippen LogP contribution in [0.1, 0.15) is 75.7 Å². The number of hydrogen-bond acceptors (Lipinski definition) is 5. The number of aryl methyl sites for hydroxylation is 3. The van der Waals surface area contributed by atoms with Crippen molar-refractivity contribution in [1.29, 1.82) is 5.26 Å². The van der Waals surface area contributed by atoms with E-state index in [1.807, 2.05) is 6.07 Å². The molecule has 1 aromatic heterocycles. The zero-order valence-corrected chi connectivity index (χ0v) is 19.2. The van der Waals surface area contributed by atoms with Gasteiger partial charge in [-0.1, -0.05) is 19.9 Å². The lowest BCUT2D eigenvalue weighted by Gasteiger charge is -2.35. The van der Waals surface area contributed by atoms with E-state index in [0.29, 0.717) is 12.5 Å². The van der Waals surface area contributed by atoms with E-state index in [1.165, 1.54) is 29.8 Å². The van der Waals surface area contributed by atoms with E-state index in [2.05, 4.69) is 17.4 Å². The first kappa shape index (κ1) is 24.2. The minimum atomic E-state index is -1.08. The van der Waals surface area contributed by atoms with Gasteiger partial charge in [-0.2, -0.15) is 5.26 Å². The second-order valence-corrected chi connectivity index (χ2v) is 9.86. The number of rotatable bonds is 11. The van der Waals surface area contributed by atoms with Crippen LogP contribution in [-0.2, 0) is 33.6 Å². The van der Waals surface area contributed by atoms with Crippen LogP contribution in [-0.4, -0.2) is 40.7 Å². The summed E-state index contributed by atoms with van der Waals surface area (Å²) in [5.41, 5.74) is 2.98. The summed E-state index contributed by atoms with van der Waals surface area (Å²) in [6.07, 6.45) is 9.28. The minimum absolute atomic E-state index is 0.0338. The standard InChI is InChI=1S/C25H35N3O4/c1-25(2,12-13-26)24(31)28-22(23(29)30)11-14-32-20-15-17(16-20)7-9-19-10-8-18-5-3-4-6-21(18)27-19/h8,10,17,20,22H,3-7,9,11-12,14-16H2,1-2H3,(H,28,31)(H,29,30). The summed E-state index contributed by atoms with van der Waals surface area (Å²) in [5.74, 6) is -0.885. The molecule has 7 nitrogen and oxygen atoms in total. The van der Waals surface area contributed by atoms with Crippen molar-refractivity contribution in [3.05, 3.63) is 29.1 Å². The SMILES string of the molecule is CC(C)(CC#N)C(=O)NC(CCOC1CC(CCc2ccc3c(n2)CCCC3)C1)C(=O)O. The van der Waals surface area contributed by atoms with Gasteiger partial charge in [0.1, 0.15) is 6.04 Å². The number of carboxylic acids is 1. The van der Waals surface area contributed by atoms with Gasteiger partial charge in [0.15, 0.2) is 0 Å². The molecule has 1 unspecified atom stereocenters. The van der Waals surface area contributed by atoms with Gasteiger partial charge in [-0.15, -0.1) is 0 Å². The normalized spacial score (nSPS) is 21.0. The second kappa shape index (κ2) is 10.9. The average Bonchev–Trinajstić information content (AvgIpc) is 2.73. The Balaban J connectivity index is 1.34. The van der Waals surface area contributed by atoms with Crippen molar-refractivity contribution in [2.24, 2.45) is 11.3 Å². The first-order valence-electron chi connectivity index (χ1n) is 11.8. The van der Waals surface area contributed by atoms with E-state index in [1.54, 1.807) is 13.8 Å². The van der Waals surface area contributed by atoms with E-state index in [-0.39, 0.29) is 18.9 Å². The summed E-state index contributed by atoms with van der Waals surface area (Å²) in [6, 6.07) is 5.39. The van der Waals surface area contributed by atoms with Gasteiger partial charge in [-0.05, 0) is 68.9 Å². The number of carbonyl (C=O) groups is 2. The summed E-state index contributed by atoms with van der Waals surface area (Å²) in [7, 11) is 0. The van der Waals surface area contributed by atoms with Gasteiger partial charge >= 0.3 is 5.97 Å². The molecule has 1 atom stereocenters. The molecule has 0 radical (unpaired) electrons. The fraction of sp³-hybridized carbons (Fsp3) is 0.680. The maximum absolute atomic E-state index is 12.3. The number of nitrogens with one attached hydrogen (secondary N) is 1. The fourth-order valence-electron chi connectivity index (χ4n) is 4.41. The van der Waals surface area contributed by atoms with Gasteiger partial charge in [-0.3, -0.25) is 9.78 Å². The summed E-state index contributed by atoms with van der Waals surface area (Å²) in [6.45, 7) is 3.56. The highest BCUT2D eigenvalue weighted by Crippen LogP contribution is 2.34. The monoisotopic (exact) mass is 441 g/mol. The van der Waals surface area contributed by atoms with Gasteiger partial charge in [0.2, 0.25) is 5.91 Å². The second-order valence-electron chi connectivity index (χ2n) is 9.86. The van der Waals surface area contributed by atoms with Gasteiger partial charge < -0.3 is 15.2 Å². The van der Waals surface area contributed by atoms with Crippen molar-refractivity contribution in [3.63, 3.8) is 0 Å². The Kier molecular flexibility index (Phi) is 8.25. The van der Waals surface area contributed by atoms with Crippen LogP contribution < -0.4 is 5.32 Å². The Morgan fingerprint density at radius 2 is 2.06 bits per heavy atom. The van der Waals surface area contributed by atoms with Crippen molar-refractivity contribution < 1.29 is 19.4 Å². The van der Waals surface area contributed by atoms with Gasteiger partial charge in [0, 0.05) is 30.8 Å². The third kappa shape index (κ3) is 6.52. The van der Waals surface area contributed by atoms with Gasteiger partial charge in [-0.25, -0.2) is 4.79 Å². The van der Waals surface area contributed by atoms with E-state index < -0.39 is 23.3 Å². The van der Waals surface area contributed by atoms with E-state index in [9.17, 15) is 14.7 Å². The highest BCUT2D eigenvalue weighted by molar-refractivity contribution is 5.87. The highest BCUT2D eigenvalue weighted by atomic mass is 16.5. The summed E-state index contributed by atoms with van der Waals surface area (Å²) >= 11 is 0. The molecular weight excluding hydrogens is 406 g/mol. The topological polar surface area (TPSA) is 112 Å². The molecule has 1 fully saturated rings. The maximum Gasteiger partial charge on any atom is 0.326 e. The molecule has 1 aromatic rings. The number of ether oxygens (including phenoxy) is 1. The molecular formula is C25H35N3O4. The van der Waals surface area contributed by atoms with E-state index in [0.717, 1.165) is 38.5 Å². The highest BCUT2D eigenvalue weighted by Gasteiger charge is 2.32. The van der Waals surface area contributed by atoms with Crippen LogP contribution in [0.4, 0.5) is 0 Å². The zero-order valence-electron chi connectivity index (χ0n) is 19.2. The van der Waals surface area contributed by atoms with Gasteiger partial charge in [0.25, 0.3) is 0 Å². The third-order valence-electron chi connectivity index (χ3n) is 6.74. The summed E-state index contributed by atoms with van der Waals surface area (Å²) in [5, 5.41) is 20.8. The molecule has 1 saturated carbocycles. The predicted molar refractivity (Wildman–Crippen MR) is 120 cm³/mol. The number of aromatic nitrogens is 1. The smallest absolute Gasteiger partial charge is 0.326 e. The zero-order chi connectivity index (χ0) is 23.1. The number of fused-ring (bicyclic) bond motifs is 1. The van der Waals surface area contributed by atoms with Crippen LogP contribution in [0.25, 0.3) is 0 Å². The first-order valence-corrected chi connectivity index (χ1v) is 11.8. The van der Waals surface area contributed by atoms with Crippen molar-refractivity contribution in [3.8, 4) is 6.07 Å². The maximum atomic E-state index is 12.3. The lowest BCUT2D eigenvalue weighted by Crippen LogP contribution is -2.47. The molecule has 7 heteroatoms. The lowest BCUT2D eigenvalue weighted by atomic mass is 9.79. The number of amides is 1. The number of carbonyl (C=O) groups excluding carboxylic acids is 1. The van der Waals surface area contributed by atoms with Crippen LogP contribution in [0.2, 0.25) is 0 Å². The van der Waals surface area contributed by atoms with Crippen molar-refractivity contribution in [1.82, 2.24) is 10.3 Å². The predicted octanol–water partition coefficient (Wildman–Crippen LogP) is 3.59. The molecule has 32 heavy (non-hydrogen) atoms. The molecule has 174 valence electrons. The molecule has 2 aliphatic carbocycles. The molecule has 0 aliphatic heterocycles. The molecule has 0 aromatic carbocycles. The molecule has 1 amide bonds. The van der Waals surface area contributed by atoms with Gasteiger partial charge in [0.05, 0.1) is 17.6 Å². The molecule has 2 N–H and O–H groups in total. The van der Waals surface area contributed by atoms with Crippen molar-refractivity contribution in [2.45, 2.75) is 90.2 Å². The van der Waals surface area contributed by atoms with Crippen LogP contribution >= 0.6 is 0 Å². The molecule has 1 heterocycles. The Bertz CT molecular complexity index is 855. The number of hydrogen-bond donors (Lipinski definition) is 2. The van der Waals surface area contributed by atoms with E-state index >= 15 is 0 Å². The molecule has 3 rings (SSSR count). The number of nitrogens with zero attached hydrogens (tertiary/aromatic N) is 2. The Hall–Kier alpha value is -2.46. The van der Waals surface area contributed by atoms with Crippen molar-refractivity contribution in [2.75, 3.05) is 6.61 Å². The molecule has 0 spiro atoms. The quantitative estimate of drug-likeness (QED) is 0.543. The minimum Gasteiger partial charge on any atom is -0.480 e. The number of nitriles is 1. The lowest BCUT2D eigenvalue weighted by molar-refractivity contribution is -0.144. The van der Waals surface area contributed by atoms with Crippen molar-refractivity contribution >= 4 is 11.9 Å². The Labute approximate surface area is 190 Å². The number of carboxylic acid groups (broad SMARTS) is 1. The number of pyridine rings is 1. The van der Waals surface area contributed by atoms with Crippen LogP contribution in [0.5, 0.6) is 0 Å². The molecule has 0 bridgehead atoms. The number of aliphatic carboxylic acids is 1. The fourth-order valence-corrected chi connectivity index (χ4v) is 4.41.